The number of epoxide rings is 1. The maximum atomic E-state index is 11.7. The molecule has 116 valence electrons. The first-order chi connectivity index (χ1) is 9.42. The summed E-state index contributed by atoms with van der Waals surface area (Å²) in [7, 11) is 0. The lowest BCUT2D eigenvalue weighted by molar-refractivity contribution is -0.158. The van der Waals surface area contributed by atoms with Gasteiger partial charge in [-0.3, -0.25) is 9.59 Å². The summed E-state index contributed by atoms with van der Waals surface area (Å²) in [6.07, 6.45) is 6.35. The summed E-state index contributed by atoms with van der Waals surface area (Å²) in [4.78, 5) is 22.0. The van der Waals surface area contributed by atoms with Gasteiger partial charge >= 0.3 is 11.9 Å². The second-order valence-electron chi connectivity index (χ2n) is 5.91. The highest BCUT2D eigenvalue weighted by Gasteiger charge is 2.42. The van der Waals surface area contributed by atoms with Gasteiger partial charge in [-0.2, -0.15) is 0 Å². The molecule has 1 N–H and O–H groups in total. The minimum atomic E-state index is -0.727. The van der Waals surface area contributed by atoms with Gasteiger partial charge in [-0.05, 0) is 26.7 Å². The number of hydrogen-bond donors (Lipinski definition) is 1. The predicted molar refractivity (Wildman–Crippen MR) is 74.5 cm³/mol. The zero-order valence-corrected chi connectivity index (χ0v) is 12.5. The van der Waals surface area contributed by atoms with Crippen LogP contribution < -0.4 is 0 Å². The summed E-state index contributed by atoms with van der Waals surface area (Å²) < 4.78 is 10.6. The molecule has 0 radical (unpaired) electrons. The number of carboxylic acids is 1. The molecule has 1 atom stereocenters. The van der Waals surface area contributed by atoms with Crippen LogP contribution in [0.4, 0.5) is 0 Å². The molecule has 0 aromatic carbocycles. The molecular formula is C15H26O5. The Hall–Kier alpha value is -1.10. The van der Waals surface area contributed by atoms with Gasteiger partial charge in [0.2, 0.25) is 0 Å². The zero-order chi connectivity index (χ0) is 15.0. The van der Waals surface area contributed by atoms with Crippen molar-refractivity contribution in [3.63, 3.8) is 0 Å². The van der Waals surface area contributed by atoms with E-state index in [1.807, 2.05) is 13.8 Å². The van der Waals surface area contributed by atoms with E-state index in [9.17, 15) is 9.59 Å². The largest absolute Gasteiger partial charge is 0.481 e. The number of unbranched alkanes of at least 4 members (excludes halogenated alkanes) is 5. The fourth-order valence-corrected chi connectivity index (χ4v) is 2.11. The fourth-order valence-electron chi connectivity index (χ4n) is 2.11. The molecule has 5 nitrogen and oxygen atoms in total. The van der Waals surface area contributed by atoms with Crippen LogP contribution >= 0.6 is 0 Å². The van der Waals surface area contributed by atoms with Gasteiger partial charge in [0.1, 0.15) is 11.7 Å². The fraction of sp³-hybridized carbons (Fsp3) is 0.867. The second kappa shape index (κ2) is 8.25. The maximum absolute atomic E-state index is 11.7. The highest BCUT2D eigenvalue weighted by Crippen LogP contribution is 2.28. The molecule has 1 heterocycles. The molecule has 1 aliphatic rings. The minimum absolute atomic E-state index is 0.0562. The smallest absolute Gasteiger partial charge is 0.306 e. The quantitative estimate of drug-likeness (QED) is 0.359. The Kier molecular flexibility index (Phi) is 6.99. The average molecular weight is 286 g/mol. The third-order valence-corrected chi connectivity index (χ3v) is 3.51. The van der Waals surface area contributed by atoms with Crippen molar-refractivity contribution in [1.82, 2.24) is 0 Å². The van der Waals surface area contributed by atoms with Crippen LogP contribution in [0, 0.1) is 0 Å². The summed E-state index contributed by atoms with van der Waals surface area (Å²) in [5.74, 6) is -0.883. The van der Waals surface area contributed by atoms with E-state index in [0.29, 0.717) is 13.0 Å². The molecule has 1 unspecified atom stereocenters. The maximum Gasteiger partial charge on any atom is 0.306 e. The molecule has 0 saturated carbocycles. The van der Waals surface area contributed by atoms with E-state index < -0.39 is 11.6 Å². The Morgan fingerprint density at radius 3 is 2.10 bits per heavy atom. The van der Waals surface area contributed by atoms with Gasteiger partial charge in [-0.25, -0.2) is 0 Å². The summed E-state index contributed by atoms with van der Waals surface area (Å²) in [6, 6.07) is 0. The van der Waals surface area contributed by atoms with Crippen molar-refractivity contribution >= 4 is 11.9 Å². The predicted octanol–water partition coefficient (Wildman–Crippen LogP) is 2.91. The minimum Gasteiger partial charge on any atom is -0.481 e. The average Bonchev–Trinajstić information content (AvgIpc) is 3.15. The first-order valence-corrected chi connectivity index (χ1v) is 7.47. The molecule has 0 amide bonds. The van der Waals surface area contributed by atoms with Gasteiger partial charge in [-0.1, -0.05) is 25.7 Å². The third-order valence-electron chi connectivity index (χ3n) is 3.51. The molecule has 0 aliphatic carbocycles. The van der Waals surface area contributed by atoms with Crippen molar-refractivity contribution in [2.75, 3.05) is 6.61 Å². The van der Waals surface area contributed by atoms with Crippen molar-refractivity contribution in [2.24, 2.45) is 0 Å². The highest BCUT2D eigenvalue weighted by atomic mass is 16.6. The number of rotatable bonds is 11. The first kappa shape index (κ1) is 17.0. The van der Waals surface area contributed by atoms with E-state index in [0.717, 1.165) is 38.5 Å². The zero-order valence-electron chi connectivity index (χ0n) is 12.5. The van der Waals surface area contributed by atoms with Crippen molar-refractivity contribution in [3.05, 3.63) is 0 Å². The summed E-state index contributed by atoms with van der Waals surface area (Å²) in [5, 5.41) is 8.49. The molecule has 1 aliphatic heterocycles. The highest BCUT2D eigenvalue weighted by molar-refractivity contribution is 5.69. The van der Waals surface area contributed by atoms with Crippen LogP contribution in [0.15, 0.2) is 0 Å². The monoisotopic (exact) mass is 286 g/mol. The van der Waals surface area contributed by atoms with E-state index in [4.69, 9.17) is 14.6 Å². The lowest BCUT2D eigenvalue weighted by Gasteiger charge is -2.22. The van der Waals surface area contributed by atoms with Gasteiger partial charge in [0.25, 0.3) is 0 Å². The third kappa shape index (κ3) is 7.48. The molecule has 0 spiro atoms. The Balaban J connectivity index is 1.93. The van der Waals surface area contributed by atoms with Gasteiger partial charge in [0.15, 0.2) is 0 Å². The number of esters is 1. The lowest BCUT2D eigenvalue weighted by atomic mass is 10.1. The first-order valence-electron chi connectivity index (χ1n) is 7.47. The van der Waals surface area contributed by atoms with Crippen LogP contribution in [0.3, 0.4) is 0 Å². The van der Waals surface area contributed by atoms with Crippen LogP contribution in [0.5, 0.6) is 0 Å². The normalized spacial score (nSPS) is 17.8. The van der Waals surface area contributed by atoms with Crippen LogP contribution in [0.2, 0.25) is 0 Å². The number of carboxylic acid groups (broad SMARTS) is 1. The summed E-state index contributed by atoms with van der Waals surface area (Å²) in [6.45, 7) is 4.44. The van der Waals surface area contributed by atoms with Gasteiger partial charge in [0.05, 0.1) is 6.61 Å². The molecular weight excluding hydrogens is 260 g/mol. The van der Waals surface area contributed by atoms with Crippen LogP contribution in [-0.4, -0.2) is 35.4 Å². The molecule has 0 bridgehead atoms. The van der Waals surface area contributed by atoms with Crippen molar-refractivity contribution < 1.29 is 24.2 Å². The Morgan fingerprint density at radius 2 is 1.60 bits per heavy atom. The molecule has 1 saturated heterocycles. The van der Waals surface area contributed by atoms with E-state index in [1.165, 1.54) is 0 Å². The standard InChI is InChI=1S/C15H26O5/c1-15(2,12-11-19-12)20-14(18)10-8-6-4-3-5-7-9-13(16)17/h12H,3-11H2,1-2H3,(H,16,17). The number of hydrogen-bond acceptors (Lipinski definition) is 4. The molecule has 1 rings (SSSR count). The second-order valence-corrected chi connectivity index (χ2v) is 5.91. The van der Waals surface area contributed by atoms with Crippen LogP contribution in [-0.2, 0) is 19.1 Å². The summed E-state index contributed by atoms with van der Waals surface area (Å²) in [5.41, 5.74) is -0.506. The van der Waals surface area contributed by atoms with Crippen LogP contribution in [0.1, 0.15) is 65.2 Å². The van der Waals surface area contributed by atoms with Crippen molar-refractivity contribution in [2.45, 2.75) is 76.9 Å². The number of aliphatic carboxylic acids is 1. The Labute approximate surface area is 120 Å². The van der Waals surface area contributed by atoms with Gasteiger partial charge < -0.3 is 14.6 Å². The van der Waals surface area contributed by atoms with Crippen LogP contribution in [0.25, 0.3) is 0 Å². The van der Waals surface area contributed by atoms with E-state index in [2.05, 4.69) is 0 Å². The number of ether oxygens (including phenoxy) is 2. The van der Waals surface area contributed by atoms with E-state index >= 15 is 0 Å². The Bertz CT molecular complexity index is 320. The SMILES string of the molecule is CC(C)(OC(=O)CCCCCCCCC(=O)O)C1CO1. The molecule has 0 aromatic heterocycles. The number of carbonyl (C=O) groups is 2. The lowest BCUT2D eigenvalue weighted by Crippen LogP contribution is -2.34. The van der Waals surface area contributed by atoms with Crippen molar-refractivity contribution in [1.29, 1.82) is 0 Å². The topological polar surface area (TPSA) is 76.1 Å². The molecule has 1 fully saturated rings. The molecule has 0 aromatic rings. The van der Waals surface area contributed by atoms with Crippen molar-refractivity contribution in [3.8, 4) is 0 Å². The van der Waals surface area contributed by atoms with Gasteiger partial charge in [0, 0.05) is 12.8 Å². The van der Waals surface area contributed by atoms with E-state index in [-0.39, 0.29) is 18.5 Å². The summed E-state index contributed by atoms with van der Waals surface area (Å²) >= 11 is 0. The number of carbonyl (C=O) groups excluding carboxylic acids is 1. The molecule has 20 heavy (non-hydrogen) atoms. The Morgan fingerprint density at radius 1 is 1.10 bits per heavy atom. The molecule has 5 heteroatoms. The van der Waals surface area contributed by atoms with E-state index in [1.54, 1.807) is 0 Å². The van der Waals surface area contributed by atoms with Gasteiger partial charge in [-0.15, -0.1) is 0 Å².